The van der Waals surface area contributed by atoms with Crippen LogP contribution in [0.1, 0.15) is 33.1 Å². The van der Waals surface area contributed by atoms with Gasteiger partial charge in [-0.3, -0.25) is 5.43 Å². The van der Waals surface area contributed by atoms with Gasteiger partial charge in [0.1, 0.15) is 0 Å². The van der Waals surface area contributed by atoms with Gasteiger partial charge in [0.05, 0.1) is 6.61 Å². The predicted octanol–water partition coefficient (Wildman–Crippen LogP) is 0.935. The third-order valence-corrected chi connectivity index (χ3v) is 2.71. The molecule has 0 atom stereocenters. The molecule has 1 heterocycles. The third-order valence-electron chi connectivity index (χ3n) is 2.71. The van der Waals surface area contributed by atoms with Gasteiger partial charge in [-0.25, -0.2) is 5.84 Å². The van der Waals surface area contributed by atoms with Crippen LogP contribution in [-0.4, -0.2) is 34.1 Å². The predicted molar refractivity (Wildman–Crippen MR) is 69.5 cm³/mol. The van der Waals surface area contributed by atoms with Crippen LogP contribution in [0.25, 0.3) is 0 Å². The molecule has 7 heteroatoms. The van der Waals surface area contributed by atoms with Crippen molar-refractivity contribution in [1.29, 1.82) is 0 Å². The van der Waals surface area contributed by atoms with Gasteiger partial charge in [0, 0.05) is 12.6 Å². The quantitative estimate of drug-likeness (QED) is 0.551. The van der Waals surface area contributed by atoms with E-state index in [9.17, 15) is 0 Å². The van der Waals surface area contributed by atoms with Crippen LogP contribution in [-0.2, 0) is 0 Å². The maximum absolute atomic E-state index is 5.37. The van der Waals surface area contributed by atoms with Gasteiger partial charge in [-0.1, -0.05) is 6.92 Å². The number of rotatable bonds is 7. The fraction of sp³-hybridized carbons (Fsp3) is 0.727. The van der Waals surface area contributed by atoms with Crippen LogP contribution in [0, 0.1) is 0 Å². The van der Waals surface area contributed by atoms with Gasteiger partial charge in [0.2, 0.25) is 11.9 Å². The summed E-state index contributed by atoms with van der Waals surface area (Å²) >= 11 is 0. The van der Waals surface area contributed by atoms with E-state index in [1.807, 2.05) is 6.92 Å². The summed E-state index contributed by atoms with van der Waals surface area (Å²) in [7, 11) is 0. The standard InChI is InChI=1S/C11H20N6O/c1-3-7-17(8-5-6-8)10-13-9(16-12)14-11(15-10)18-4-2/h8H,3-7,12H2,1-2H3,(H,13,14,15,16). The topological polar surface area (TPSA) is 89.2 Å². The lowest BCUT2D eigenvalue weighted by Gasteiger charge is -2.22. The van der Waals surface area contributed by atoms with Crippen molar-refractivity contribution in [3.63, 3.8) is 0 Å². The van der Waals surface area contributed by atoms with E-state index in [0.717, 1.165) is 13.0 Å². The van der Waals surface area contributed by atoms with Crippen LogP contribution in [0.4, 0.5) is 11.9 Å². The van der Waals surface area contributed by atoms with Crippen molar-refractivity contribution in [1.82, 2.24) is 15.0 Å². The molecule has 0 spiro atoms. The van der Waals surface area contributed by atoms with Crippen molar-refractivity contribution >= 4 is 11.9 Å². The molecule has 1 aromatic heterocycles. The molecule has 18 heavy (non-hydrogen) atoms. The summed E-state index contributed by atoms with van der Waals surface area (Å²) in [5, 5.41) is 0. The third kappa shape index (κ3) is 2.98. The largest absolute Gasteiger partial charge is 0.464 e. The summed E-state index contributed by atoms with van der Waals surface area (Å²) in [6.45, 7) is 5.49. The van der Waals surface area contributed by atoms with Crippen molar-refractivity contribution in [3.05, 3.63) is 0 Å². The number of hydrazine groups is 1. The van der Waals surface area contributed by atoms with E-state index < -0.39 is 0 Å². The Bertz CT molecular complexity index is 395. The molecule has 0 aromatic carbocycles. The minimum Gasteiger partial charge on any atom is -0.464 e. The number of ether oxygens (including phenoxy) is 1. The average molecular weight is 252 g/mol. The molecule has 7 nitrogen and oxygen atoms in total. The average Bonchev–Trinajstić information content (AvgIpc) is 3.20. The Morgan fingerprint density at radius 2 is 2.11 bits per heavy atom. The highest BCUT2D eigenvalue weighted by molar-refractivity contribution is 5.40. The zero-order valence-corrected chi connectivity index (χ0v) is 10.9. The monoisotopic (exact) mass is 252 g/mol. The van der Waals surface area contributed by atoms with Gasteiger partial charge in [-0.15, -0.1) is 0 Å². The van der Waals surface area contributed by atoms with Gasteiger partial charge < -0.3 is 9.64 Å². The first-order valence-corrected chi connectivity index (χ1v) is 6.40. The fourth-order valence-corrected chi connectivity index (χ4v) is 1.81. The van der Waals surface area contributed by atoms with Gasteiger partial charge in [0.25, 0.3) is 0 Å². The molecule has 0 bridgehead atoms. The zero-order valence-electron chi connectivity index (χ0n) is 10.9. The van der Waals surface area contributed by atoms with E-state index >= 15 is 0 Å². The van der Waals surface area contributed by atoms with E-state index in [-0.39, 0.29) is 0 Å². The number of hydrogen-bond donors (Lipinski definition) is 2. The number of nitrogen functional groups attached to an aromatic ring is 1. The molecule has 1 aromatic rings. The van der Waals surface area contributed by atoms with Gasteiger partial charge in [-0.2, -0.15) is 15.0 Å². The van der Waals surface area contributed by atoms with Gasteiger partial charge in [0.15, 0.2) is 0 Å². The second kappa shape index (κ2) is 5.81. The normalized spacial score (nSPS) is 14.4. The molecular formula is C11H20N6O. The molecule has 1 saturated carbocycles. The van der Waals surface area contributed by atoms with E-state index in [4.69, 9.17) is 10.6 Å². The molecule has 0 saturated heterocycles. The van der Waals surface area contributed by atoms with Crippen LogP contribution >= 0.6 is 0 Å². The maximum atomic E-state index is 5.37. The van der Waals surface area contributed by atoms with Crippen LogP contribution in [0.3, 0.4) is 0 Å². The summed E-state index contributed by atoms with van der Waals surface area (Å²) in [4.78, 5) is 14.9. The summed E-state index contributed by atoms with van der Waals surface area (Å²) < 4.78 is 5.33. The summed E-state index contributed by atoms with van der Waals surface area (Å²) in [5.41, 5.74) is 2.45. The minimum atomic E-state index is 0.317. The lowest BCUT2D eigenvalue weighted by Crippen LogP contribution is -2.29. The van der Waals surface area contributed by atoms with Crippen LogP contribution in [0.5, 0.6) is 6.01 Å². The summed E-state index contributed by atoms with van der Waals surface area (Å²) in [5.74, 6) is 6.36. The first-order chi connectivity index (χ1) is 8.78. The molecule has 2 rings (SSSR count). The highest BCUT2D eigenvalue weighted by atomic mass is 16.5. The molecule has 1 aliphatic carbocycles. The highest BCUT2D eigenvalue weighted by Gasteiger charge is 2.31. The summed E-state index contributed by atoms with van der Waals surface area (Å²) in [6.07, 6.45) is 3.44. The lowest BCUT2D eigenvalue weighted by molar-refractivity contribution is 0.312. The van der Waals surface area contributed by atoms with Gasteiger partial charge >= 0.3 is 6.01 Å². The van der Waals surface area contributed by atoms with E-state index in [1.165, 1.54) is 12.8 Å². The van der Waals surface area contributed by atoms with E-state index in [0.29, 0.717) is 30.6 Å². The van der Waals surface area contributed by atoms with Crippen molar-refractivity contribution in [2.75, 3.05) is 23.5 Å². The Hall–Kier alpha value is -1.63. The number of hydrogen-bond acceptors (Lipinski definition) is 7. The highest BCUT2D eigenvalue weighted by Crippen LogP contribution is 2.30. The number of nitrogens with two attached hydrogens (primary N) is 1. The molecule has 3 N–H and O–H groups in total. The Kier molecular flexibility index (Phi) is 4.14. The SMILES string of the molecule is CCCN(c1nc(NN)nc(OCC)n1)C1CC1. The first-order valence-electron chi connectivity index (χ1n) is 6.40. The molecule has 100 valence electrons. The molecule has 0 aliphatic heterocycles. The number of aromatic nitrogens is 3. The first kappa shape index (κ1) is 12.8. The molecule has 0 radical (unpaired) electrons. The fourth-order valence-electron chi connectivity index (χ4n) is 1.81. The Labute approximate surface area is 107 Å². The Morgan fingerprint density at radius 1 is 1.33 bits per heavy atom. The second-order valence-corrected chi connectivity index (χ2v) is 4.24. The van der Waals surface area contributed by atoms with Crippen molar-refractivity contribution in [3.8, 4) is 6.01 Å². The molecule has 0 unspecified atom stereocenters. The Balaban J connectivity index is 2.25. The second-order valence-electron chi connectivity index (χ2n) is 4.24. The van der Waals surface area contributed by atoms with Crippen molar-refractivity contribution in [2.24, 2.45) is 5.84 Å². The van der Waals surface area contributed by atoms with E-state index in [1.54, 1.807) is 0 Å². The van der Waals surface area contributed by atoms with E-state index in [2.05, 4.69) is 32.2 Å². The number of nitrogens with one attached hydrogen (secondary N) is 1. The van der Waals surface area contributed by atoms with Crippen LogP contribution < -0.4 is 20.9 Å². The van der Waals surface area contributed by atoms with Crippen LogP contribution in [0.2, 0.25) is 0 Å². The molecular weight excluding hydrogens is 232 g/mol. The number of anilines is 2. The minimum absolute atomic E-state index is 0.317. The van der Waals surface area contributed by atoms with Crippen molar-refractivity contribution < 1.29 is 4.74 Å². The van der Waals surface area contributed by atoms with Crippen LogP contribution in [0.15, 0.2) is 0 Å². The smallest absolute Gasteiger partial charge is 0.323 e. The summed E-state index contributed by atoms with van der Waals surface area (Å²) in [6, 6.07) is 0.865. The van der Waals surface area contributed by atoms with Gasteiger partial charge in [-0.05, 0) is 26.2 Å². The molecule has 1 aliphatic rings. The zero-order chi connectivity index (χ0) is 13.0. The lowest BCUT2D eigenvalue weighted by atomic mass is 10.4. The Morgan fingerprint density at radius 3 is 2.67 bits per heavy atom. The number of nitrogens with zero attached hydrogens (tertiary/aromatic N) is 4. The van der Waals surface area contributed by atoms with Crippen molar-refractivity contribution in [2.45, 2.75) is 39.2 Å². The molecule has 1 fully saturated rings. The maximum Gasteiger partial charge on any atom is 0.323 e. The molecule has 0 amide bonds.